The number of rotatable bonds is 7. The van der Waals surface area contributed by atoms with Crippen molar-refractivity contribution < 1.29 is 17.9 Å². The van der Waals surface area contributed by atoms with Gasteiger partial charge in [0, 0.05) is 32.0 Å². The minimum absolute atomic E-state index is 0.137. The highest BCUT2D eigenvalue weighted by Gasteiger charge is 2.33. The van der Waals surface area contributed by atoms with Crippen molar-refractivity contribution in [2.24, 2.45) is 5.92 Å². The van der Waals surface area contributed by atoms with E-state index in [0.29, 0.717) is 31.7 Å². The van der Waals surface area contributed by atoms with Crippen LogP contribution in [0.4, 0.5) is 0 Å². The van der Waals surface area contributed by atoms with Gasteiger partial charge in [0.25, 0.3) is 0 Å². The highest BCUT2D eigenvalue weighted by molar-refractivity contribution is 7.89. The number of imidazole rings is 1. The van der Waals surface area contributed by atoms with Gasteiger partial charge in [0.05, 0.1) is 23.6 Å². The van der Waals surface area contributed by atoms with Crippen LogP contribution in [-0.4, -0.2) is 48.4 Å². The molecule has 0 radical (unpaired) electrons. The number of para-hydroxylation sites is 1. The van der Waals surface area contributed by atoms with Gasteiger partial charge in [0.15, 0.2) is 0 Å². The lowest BCUT2D eigenvalue weighted by molar-refractivity contribution is -0.126. The average Bonchev–Trinajstić information content (AvgIpc) is 3.28. The first-order chi connectivity index (χ1) is 15.9. The standard InChI is InChI=1S/C24H28N4O4S/c1-18-25-13-15-28(18)23-8-4-3-6-19(23)16-26-24(29)20-7-5-14-27(17-20)33(30,31)22-11-9-21(32-2)10-12-22/h3-4,6,8-13,15,20H,5,7,14,16-17H2,1-2H3,(H,26,29). The Balaban J connectivity index is 1.43. The van der Waals surface area contributed by atoms with Gasteiger partial charge in [-0.1, -0.05) is 18.2 Å². The van der Waals surface area contributed by atoms with Gasteiger partial charge in [-0.15, -0.1) is 0 Å². The largest absolute Gasteiger partial charge is 0.497 e. The number of carbonyl (C=O) groups is 1. The fraction of sp³-hybridized carbons (Fsp3) is 0.333. The second-order valence-electron chi connectivity index (χ2n) is 8.07. The molecular formula is C24H28N4O4S. The summed E-state index contributed by atoms with van der Waals surface area (Å²) in [5, 5.41) is 3.01. The Morgan fingerprint density at radius 2 is 1.94 bits per heavy atom. The Kier molecular flexibility index (Phi) is 6.80. The fourth-order valence-electron chi connectivity index (χ4n) is 4.13. The molecule has 1 fully saturated rings. The van der Waals surface area contributed by atoms with E-state index in [1.807, 2.05) is 42.0 Å². The molecule has 4 rings (SSSR count). The number of carbonyl (C=O) groups excluding carboxylic acids is 1. The van der Waals surface area contributed by atoms with Crippen LogP contribution in [0.5, 0.6) is 5.75 Å². The summed E-state index contributed by atoms with van der Waals surface area (Å²) in [6.07, 6.45) is 4.92. The first-order valence-electron chi connectivity index (χ1n) is 10.9. The van der Waals surface area contributed by atoms with Gasteiger partial charge in [-0.25, -0.2) is 13.4 Å². The molecule has 33 heavy (non-hydrogen) atoms. The summed E-state index contributed by atoms with van der Waals surface area (Å²) in [4.78, 5) is 17.4. The van der Waals surface area contributed by atoms with E-state index in [4.69, 9.17) is 4.74 Å². The van der Waals surface area contributed by atoms with Crippen molar-refractivity contribution in [3.63, 3.8) is 0 Å². The molecule has 0 saturated carbocycles. The third-order valence-electron chi connectivity index (χ3n) is 5.98. The molecule has 3 aromatic rings. The number of piperidine rings is 1. The van der Waals surface area contributed by atoms with Crippen molar-refractivity contribution in [3.05, 3.63) is 72.3 Å². The molecular weight excluding hydrogens is 440 g/mol. The van der Waals surface area contributed by atoms with E-state index >= 15 is 0 Å². The van der Waals surface area contributed by atoms with Crippen LogP contribution < -0.4 is 10.1 Å². The maximum Gasteiger partial charge on any atom is 0.243 e. The fourth-order valence-corrected chi connectivity index (χ4v) is 5.65. The number of amides is 1. The van der Waals surface area contributed by atoms with Crippen LogP contribution in [0, 0.1) is 12.8 Å². The van der Waals surface area contributed by atoms with Gasteiger partial charge in [0.2, 0.25) is 15.9 Å². The van der Waals surface area contributed by atoms with E-state index in [9.17, 15) is 13.2 Å². The van der Waals surface area contributed by atoms with Crippen LogP contribution in [0.3, 0.4) is 0 Å². The Morgan fingerprint density at radius 1 is 1.18 bits per heavy atom. The smallest absolute Gasteiger partial charge is 0.243 e. The summed E-state index contributed by atoms with van der Waals surface area (Å²) in [7, 11) is -2.14. The van der Waals surface area contributed by atoms with Gasteiger partial charge < -0.3 is 14.6 Å². The topological polar surface area (TPSA) is 93.5 Å². The lowest BCUT2D eigenvalue weighted by atomic mass is 9.98. The predicted molar refractivity (Wildman–Crippen MR) is 125 cm³/mol. The van der Waals surface area contributed by atoms with E-state index in [0.717, 1.165) is 17.1 Å². The van der Waals surface area contributed by atoms with E-state index in [1.54, 1.807) is 18.3 Å². The number of benzene rings is 2. The normalized spacial score (nSPS) is 17.0. The van der Waals surface area contributed by atoms with Gasteiger partial charge in [0.1, 0.15) is 11.6 Å². The van der Waals surface area contributed by atoms with E-state index in [-0.39, 0.29) is 17.3 Å². The van der Waals surface area contributed by atoms with Crippen LogP contribution in [0.1, 0.15) is 24.2 Å². The monoisotopic (exact) mass is 468 g/mol. The third kappa shape index (κ3) is 4.94. The molecule has 1 atom stereocenters. The molecule has 1 unspecified atom stereocenters. The van der Waals surface area contributed by atoms with Crippen molar-refractivity contribution in [1.82, 2.24) is 19.2 Å². The van der Waals surface area contributed by atoms with Crippen molar-refractivity contribution >= 4 is 15.9 Å². The minimum Gasteiger partial charge on any atom is -0.497 e. The molecule has 0 aliphatic carbocycles. The van der Waals surface area contributed by atoms with Crippen molar-refractivity contribution in [3.8, 4) is 11.4 Å². The Bertz CT molecular complexity index is 1220. The maximum atomic E-state index is 13.1. The van der Waals surface area contributed by atoms with Crippen molar-refractivity contribution in [2.45, 2.75) is 31.2 Å². The quantitative estimate of drug-likeness (QED) is 0.576. The summed E-state index contributed by atoms with van der Waals surface area (Å²) in [5.74, 6) is 0.923. The Labute approximate surface area is 194 Å². The molecule has 2 aromatic carbocycles. The molecule has 1 N–H and O–H groups in total. The lowest BCUT2D eigenvalue weighted by Crippen LogP contribution is -2.45. The molecule has 8 nitrogen and oxygen atoms in total. The zero-order valence-electron chi connectivity index (χ0n) is 18.8. The Morgan fingerprint density at radius 3 is 2.64 bits per heavy atom. The van der Waals surface area contributed by atoms with E-state index in [1.165, 1.54) is 23.5 Å². The summed E-state index contributed by atoms with van der Waals surface area (Å²) >= 11 is 0. The third-order valence-corrected chi connectivity index (χ3v) is 7.86. The predicted octanol–water partition coefficient (Wildman–Crippen LogP) is 2.91. The number of sulfonamides is 1. The van der Waals surface area contributed by atoms with Crippen LogP contribution in [0.2, 0.25) is 0 Å². The first kappa shape index (κ1) is 23.0. The molecule has 2 heterocycles. The van der Waals surface area contributed by atoms with Crippen LogP contribution in [0.25, 0.3) is 5.69 Å². The molecule has 1 aromatic heterocycles. The molecule has 1 aliphatic rings. The zero-order valence-corrected chi connectivity index (χ0v) is 19.6. The van der Waals surface area contributed by atoms with Crippen molar-refractivity contribution in [1.29, 1.82) is 0 Å². The van der Waals surface area contributed by atoms with Crippen LogP contribution >= 0.6 is 0 Å². The molecule has 9 heteroatoms. The van der Waals surface area contributed by atoms with E-state index < -0.39 is 15.9 Å². The minimum atomic E-state index is -3.67. The van der Waals surface area contributed by atoms with Crippen LogP contribution in [0.15, 0.2) is 65.8 Å². The zero-order chi connectivity index (χ0) is 23.4. The van der Waals surface area contributed by atoms with E-state index in [2.05, 4.69) is 10.3 Å². The number of hydrogen-bond donors (Lipinski definition) is 1. The van der Waals surface area contributed by atoms with Crippen LogP contribution in [-0.2, 0) is 21.4 Å². The highest BCUT2D eigenvalue weighted by atomic mass is 32.2. The molecule has 174 valence electrons. The summed E-state index contributed by atoms with van der Waals surface area (Å²) in [5.41, 5.74) is 1.92. The number of hydrogen-bond acceptors (Lipinski definition) is 5. The summed E-state index contributed by atoms with van der Waals surface area (Å²) in [6, 6.07) is 14.2. The second-order valence-corrected chi connectivity index (χ2v) is 10.0. The highest BCUT2D eigenvalue weighted by Crippen LogP contribution is 2.25. The number of aryl methyl sites for hydroxylation is 1. The van der Waals surface area contributed by atoms with Crippen molar-refractivity contribution in [2.75, 3.05) is 20.2 Å². The summed E-state index contributed by atoms with van der Waals surface area (Å²) in [6.45, 7) is 2.85. The molecule has 1 amide bonds. The number of methoxy groups -OCH3 is 1. The average molecular weight is 469 g/mol. The molecule has 0 spiro atoms. The van der Waals surface area contributed by atoms with Gasteiger partial charge in [-0.2, -0.15) is 4.31 Å². The molecule has 1 aliphatic heterocycles. The summed E-state index contributed by atoms with van der Waals surface area (Å²) < 4.78 is 34.7. The number of ether oxygens (including phenoxy) is 1. The number of aromatic nitrogens is 2. The lowest BCUT2D eigenvalue weighted by Gasteiger charge is -2.31. The first-order valence-corrected chi connectivity index (χ1v) is 12.3. The number of nitrogens with zero attached hydrogens (tertiary/aromatic N) is 3. The maximum absolute atomic E-state index is 13.1. The van der Waals surface area contributed by atoms with Gasteiger partial charge in [-0.05, 0) is 55.7 Å². The SMILES string of the molecule is COc1ccc(S(=O)(=O)N2CCCC(C(=O)NCc3ccccc3-n3ccnc3C)C2)cc1. The number of nitrogens with one attached hydrogen (secondary N) is 1. The Hall–Kier alpha value is -3.17. The van der Waals surface area contributed by atoms with Gasteiger partial charge >= 0.3 is 0 Å². The second kappa shape index (κ2) is 9.76. The molecule has 1 saturated heterocycles. The van der Waals surface area contributed by atoms with Gasteiger partial charge in [-0.3, -0.25) is 4.79 Å². The molecule has 0 bridgehead atoms.